The second-order valence-electron chi connectivity index (χ2n) is 5.90. The molecule has 0 aliphatic heterocycles. The lowest BCUT2D eigenvalue weighted by Crippen LogP contribution is -3.00. The van der Waals surface area contributed by atoms with Crippen LogP contribution in [0.25, 0.3) is 0 Å². The van der Waals surface area contributed by atoms with E-state index in [4.69, 9.17) is 0 Å². The molecule has 0 heterocycles. The van der Waals surface area contributed by atoms with Crippen LogP contribution in [0.3, 0.4) is 0 Å². The lowest BCUT2D eigenvalue weighted by Gasteiger charge is -2.29. The van der Waals surface area contributed by atoms with Crippen molar-refractivity contribution in [2.45, 2.75) is 64.7 Å². The number of unbranched alkanes of at least 4 members (excludes halogenated alkanes) is 7. The number of hydrogen-bond acceptors (Lipinski definition) is 0. The molecule has 0 aromatic rings. The van der Waals surface area contributed by atoms with Crippen molar-refractivity contribution in [3.05, 3.63) is 0 Å². The van der Waals surface area contributed by atoms with Gasteiger partial charge in [-0.3, -0.25) is 0 Å². The summed E-state index contributed by atoms with van der Waals surface area (Å²) in [5, 5.41) is 1.16. The highest BCUT2D eigenvalue weighted by Gasteiger charge is 2.13. The Hall–Kier alpha value is 0.920. The summed E-state index contributed by atoms with van der Waals surface area (Å²) in [6.07, 6.45) is 12.6. The topological polar surface area (TPSA) is 0 Å². The first-order valence-electron chi connectivity index (χ1n) is 7.50. The Kier molecular flexibility index (Phi) is 16.9. The summed E-state index contributed by atoms with van der Waals surface area (Å²) in [6, 6.07) is 0. The van der Waals surface area contributed by atoms with Crippen LogP contribution < -0.4 is 17.0 Å². The van der Waals surface area contributed by atoms with Gasteiger partial charge in [0.25, 0.3) is 0 Å². The van der Waals surface area contributed by atoms with Gasteiger partial charge in [-0.2, -0.15) is 0 Å². The van der Waals surface area contributed by atoms with Crippen LogP contribution in [0.1, 0.15) is 64.7 Å². The highest BCUT2D eigenvalue weighted by Crippen LogP contribution is 2.10. The minimum Gasteiger partial charge on any atom is -1.00 e. The molecule has 0 amide bonds. The minimum atomic E-state index is 0. The lowest BCUT2D eigenvalue weighted by molar-refractivity contribution is -0.890. The molecule has 0 radical (unpaired) electrons. The summed E-state index contributed by atoms with van der Waals surface area (Å²) in [5.74, 6) is 0. The van der Waals surface area contributed by atoms with Crippen molar-refractivity contribution in [3.8, 4) is 0 Å². The molecule has 0 aromatic heterocycles. The molecule has 1 nitrogen and oxygen atoms in total. The number of nitrogens with zero attached hydrogens (tertiary/aromatic N) is 1. The van der Waals surface area contributed by atoms with E-state index >= 15 is 0 Å². The molecule has 0 aromatic carbocycles. The number of halogens is 2. The summed E-state index contributed by atoms with van der Waals surface area (Å²) >= 11 is 3.50. The SMILES string of the molecule is CCCCCCCCC[N+](C)(C)CCCCBr.[Br-]. The van der Waals surface area contributed by atoms with E-state index in [0.717, 1.165) is 5.33 Å². The van der Waals surface area contributed by atoms with E-state index < -0.39 is 0 Å². The molecule has 18 heavy (non-hydrogen) atoms. The van der Waals surface area contributed by atoms with E-state index in [9.17, 15) is 0 Å². The summed E-state index contributed by atoms with van der Waals surface area (Å²) in [5.41, 5.74) is 0. The Bertz CT molecular complexity index is 161. The highest BCUT2D eigenvalue weighted by atomic mass is 79.9. The van der Waals surface area contributed by atoms with Crippen molar-refractivity contribution in [3.63, 3.8) is 0 Å². The third kappa shape index (κ3) is 15.0. The molecular weight excluding hydrogens is 354 g/mol. The third-order valence-corrected chi connectivity index (χ3v) is 4.07. The molecule has 0 aliphatic rings. The maximum Gasteiger partial charge on any atom is 0.0782 e. The summed E-state index contributed by atoms with van der Waals surface area (Å²) in [7, 11) is 4.76. The Morgan fingerprint density at radius 1 is 0.722 bits per heavy atom. The molecule has 0 spiro atoms. The summed E-state index contributed by atoms with van der Waals surface area (Å²) in [4.78, 5) is 0. The number of rotatable bonds is 12. The average Bonchev–Trinajstić information content (AvgIpc) is 2.28. The molecule has 0 unspecified atom stereocenters. The average molecular weight is 387 g/mol. The normalized spacial score (nSPS) is 11.3. The van der Waals surface area contributed by atoms with E-state index in [2.05, 4.69) is 36.9 Å². The minimum absolute atomic E-state index is 0. The van der Waals surface area contributed by atoms with Crippen molar-refractivity contribution in [2.75, 3.05) is 32.5 Å². The van der Waals surface area contributed by atoms with Crippen LogP contribution in [-0.4, -0.2) is 37.0 Å². The zero-order chi connectivity index (χ0) is 13.0. The quantitative estimate of drug-likeness (QED) is 0.273. The van der Waals surface area contributed by atoms with Crippen molar-refractivity contribution in [1.29, 1.82) is 0 Å². The smallest absolute Gasteiger partial charge is 0.0782 e. The van der Waals surface area contributed by atoms with Crippen LogP contribution in [-0.2, 0) is 0 Å². The van der Waals surface area contributed by atoms with E-state index in [-0.39, 0.29) is 17.0 Å². The van der Waals surface area contributed by atoms with Gasteiger partial charge >= 0.3 is 0 Å². The molecule has 3 heteroatoms. The highest BCUT2D eigenvalue weighted by molar-refractivity contribution is 9.09. The van der Waals surface area contributed by atoms with Crippen molar-refractivity contribution >= 4 is 15.9 Å². The largest absolute Gasteiger partial charge is 1.00 e. The van der Waals surface area contributed by atoms with E-state index in [1.807, 2.05) is 0 Å². The molecule has 0 atom stereocenters. The van der Waals surface area contributed by atoms with Gasteiger partial charge in [-0.15, -0.1) is 0 Å². The van der Waals surface area contributed by atoms with Gasteiger partial charge in [0.2, 0.25) is 0 Å². The molecule has 112 valence electrons. The zero-order valence-electron chi connectivity index (χ0n) is 12.7. The zero-order valence-corrected chi connectivity index (χ0v) is 15.9. The van der Waals surface area contributed by atoms with Gasteiger partial charge in [0.05, 0.1) is 27.2 Å². The lowest BCUT2D eigenvalue weighted by atomic mass is 10.1. The summed E-state index contributed by atoms with van der Waals surface area (Å²) in [6.45, 7) is 4.98. The first-order valence-corrected chi connectivity index (χ1v) is 8.62. The maximum atomic E-state index is 3.50. The maximum absolute atomic E-state index is 3.50. The van der Waals surface area contributed by atoms with Gasteiger partial charge in [-0.05, 0) is 25.7 Å². The number of quaternary nitrogens is 1. The molecule has 0 aliphatic carbocycles. The second-order valence-corrected chi connectivity index (χ2v) is 6.69. The first-order chi connectivity index (χ1) is 8.12. The van der Waals surface area contributed by atoms with Crippen LogP contribution >= 0.6 is 15.9 Å². The number of hydrogen-bond donors (Lipinski definition) is 0. The fourth-order valence-corrected chi connectivity index (χ4v) is 2.64. The predicted octanol–water partition coefficient (Wildman–Crippen LogP) is 1.99. The predicted molar refractivity (Wildman–Crippen MR) is 82.9 cm³/mol. The van der Waals surface area contributed by atoms with Crippen LogP contribution in [0.2, 0.25) is 0 Å². The Labute approximate surface area is 134 Å². The number of alkyl halides is 1. The van der Waals surface area contributed by atoms with Gasteiger partial charge in [0, 0.05) is 5.33 Å². The van der Waals surface area contributed by atoms with Gasteiger partial charge in [0.15, 0.2) is 0 Å². The Morgan fingerprint density at radius 3 is 1.67 bits per heavy atom. The van der Waals surface area contributed by atoms with Crippen LogP contribution in [0.4, 0.5) is 0 Å². The van der Waals surface area contributed by atoms with Crippen molar-refractivity contribution in [1.82, 2.24) is 0 Å². The standard InChI is InChI=1S/C15H33BrN.BrH/c1-4-5-6-7-8-9-11-14-17(2,3)15-12-10-13-16;/h4-15H2,1-3H3;1H/q+1;/p-1. The third-order valence-electron chi connectivity index (χ3n) is 3.51. The van der Waals surface area contributed by atoms with Gasteiger partial charge in [-0.25, -0.2) is 0 Å². The van der Waals surface area contributed by atoms with Crippen molar-refractivity contribution < 1.29 is 21.5 Å². The molecule has 0 rings (SSSR count). The Morgan fingerprint density at radius 2 is 1.17 bits per heavy atom. The van der Waals surface area contributed by atoms with Gasteiger partial charge in [-0.1, -0.05) is 55.0 Å². The van der Waals surface area contributed by atoms with Crippen molar-refractivity contribution in [2.24, 2.45) is 0 Å². The van der Waals surface area contributed by atoms with Crippen LogP contribution in [0.5, 0.6) is 0 Å². The molecule has 0 saturated heterocycles. The van der Waals surface area contributed by atoms with E-state index in [1.165, 1.54) is 75.4 Å². The molecular formula is C15H33Br2N. The molecule has 0 bridgehead atoms. The molecule has 0 saturated carbocycles. The summed E-state index contributed by atoms with van der Waals surface area (Å²) < 4.78 is 1.21. The van der Waals surface area contributed by atoms with E-state index in [0.29, 0.717) is 0 Å². The van der Waals surface area contributed by atoms with Gasteiger partial charge in [0.1, 0.15) is 0 Å². The van der Waals surface area contributed by atoms with Gasteiger partial charge < -0.3 is 21.5 Å². The van der Waals surface area contributed by atoms with Crippen LogP contribution in [0, 0.1) is 0 Å². The fraction of sp³-hybridized carbons (Fsp3) is 1.00. The molecule has 0 fully saturated rings. The Balaban J connectivity index is 0. The monoisotopic (exact) mass is 385 g/mol. The first kappa shape index (κ1) is 21.2. The molecule has 0 N–H and O–H groups in total. The fourth-order valence-electron chi connectivity index (χ4n) is 2.24. The van der Waals surface area contributed by atoms with Crippen LogP contribution in [0.15, 0.2) is 0 Å². The second kappa shape index (κ2) is 14.3. The van der Waals surface area contributed by atoms with E-state index in [1.54, 1.807) is 0 Å².